The molecule has 0 aliphatic rings. The molecule has 0 aliphatic heterocycles. The maximum Gasteiger partial charge on any atom is 0.335 e. The topological polar surface area (TPSA) is 46.5 Å². The number of benzene rings is 1. The SMILES string of the molecule is [CH]C(C)(C)Oc1ccc(C(=O)O)cc1. The monoisotopic (exact) mass is 192 g/mol. The van der Waals surface area contributed by atoms with Gasteiger partial charge in [-0.15, -0.1) is 0 Å². The number of hydrogen-bond donors (Lipinski definition) is 1. The first kappa shape index (κ1) is 10.6. The van der Waals surface area contributed by atoms with Gasteiger partial charge in [0.25, 0.3) is 0 Å². The molecule has 0 aromatic heterocycles. The predicted molar refractivity (Wildman–Crippen MR) is 52.4 cm³/mol. The smallest absolute Gasteiger partial charge is 0.335 e. The largest absolute Gasteiger partial charge is 0.488 e. The van der Waals surface area contributed by atoms with Crippen molar-refractivity contribution < 1.29 is 14.6 Å². The second-order valence-electron chi connectivity index (χ2n) is 3.54. The fraction of sp³-hybridized carbons (Fsp3) is 0.273. The van der Waals surface area contributed by atoms with Crippen LogP contribution in [0.25, 0.3) is 0 Å². The number of aromatic carboxylic acids is 1. The standard InChI is InChI=1S/C11H12O3/c1-11(2,3)14-9-6-4-8(5-7-9)10(12)13/h1,4-7H,2-3H3,(H,12,13). The van der Waals surface area contributed by atoms with E-state index < -0.39 is 11.6 Å². The first-order valence-corrected chi connectivity index (χ1v) is 4.20. The van der Waals surface area contributed by atoms with Gasteiger partial charge in [0.1, 0.15) is 11.4 Å². The lowest BCUT2D eigenvalue weighted by atomic mass is 10.2. The van der Waals surface area contributed by atoms with E-state index in [1.54, 1.807) is 26.0 Å². The molecule has 1 rings (SSSR count). The van der Waals surface area contributed by atoms with Crippen LogP contribution in [0, 0.1) is 6.92 Å². The minimum atomic E-state index is -0.955. The minimum Gasteiger partial charge on any atom is -0.488 e. The van der Waals surface area contributed by atoms with Gasteiger partial charge in [-0.3, -0.25) is 0 Å². The van der Waals surface area contributed by atoms with Gasteiger partial charge < -0.3 is 9.84 Å². The van der Waals surface area contributed by atoms with Crippen LogP contribution < -0.4 is 4.74 Å². The fourth-order valence-corrected chi connectivity index (χ4v) is 0.969. The van der Waals surface area contributed by atoms with Gasteiger partial charge in [0.2, 0.25) is 0 Å². The maximum absolute atomic E-state index is 10.5. The van der Waals surface area contributed by atoms with E-state index in [4.69, 9.17) is 16.8 Å². The van der Waals surface area contributed by atoms with Crippen LogP contribution in [-0.4, -0.2) is 16.7 Å². The molecule has 3 nitrogen and oxygen atoms in total. The van der Waals surface area contributed by atoms with Crippen molar-refractivity contribution in [3.63, 3.8) is 0 Å². The van der Waals surface area contributed by atoms with E-state index in [0.717, 1.165) is 0 Å². The Labute approximate surface area is 83.3 Å². The zero-order valence-corrected chi connectivity index (χ0v) is 8.15. The van der Waals surface area contributed by atoms with E-state index >= 15 is 0 Å². The third-order valence-corrected chi connectivity index (χ3v) is 1.48. The van der Waals surface area contributed by atoms with E-state index in [1.807, 2.05) is 0 Å². The Morgan fingerprint density at radius 2 is 1.86 bits per heavy atom. The summed E-state index contributed by atoms with van der Waals surface area (Å²) in [7, 11) is 0. The molecule has 1 aromatic rings. The molecule has 0 unspecified atom stereocenters. The van der Waals surface area contributed by atoms with Crippen molar-refractivity contribution in [3.05, 3.63) is 36.8 Å². The number of carboxylic acids is 1. The third kappa shape index (κ3) is 3.09. The Morgan fingerprint density at radius 1 is 1.36 bits per heavy atom. The summed E-state index contributed by atoms with van der Waals surface area (Å²) in [5.41, 5.74) is -0.530. The molecule has 0 fully saturated rings. The summed E-state index contributed by atoms with van der Waals surface area (Å²) < 4.78 is 5.32. The van der Waals surface area contributed by atoms with E-state index in [-0.39, 0.29) is 5.56 Å². The van der Waals surface area contributed by atoms with E-state index in [2.05, 4.69) is 0 Å². The highest BCUT2D eigenvalue weighted by Crippen LogP contribution is 2.18. The molecule has 1 N–H and O–H groups in total. The summed E-state index contributed by atoms with van der Waals surface area (Å²) in [5, 5.41) is 8.64. The van der Waals surface area contributed by atoms with Gasteiger partial charge in [0.15, 0.2) is 0 Å². The Bertz CT molecular complexity index is 319. The number of carboxylic acid groups (broad SMARTS) is 1. The molecule has 1 aromatic carbocycles. The zero-order chi connectivity index (χ0) is 10.8. The van der Waals surface area contributed by atoms with Crippen molar-refractivity contribution in [2.45, 2.75) is 19.4 Å². The van der Waals surface area contributed by atoms with Crippen molar-refractivity contribution in [1.29, 1.82) is 0 Å². The fourth-order valence-electron chi connectivity index (χ4n) is 0.969. The Hall–Kier alpha value is -1.51. The quantitative estimate of drug-likeness (QED) is 0.798. The molecule has 74 valence electrons. The lowest BCUT2D eigenvalue weighted by Crippen LogP contribution is -2.23. The van der Waals surface area contributed by atoms with Gasteiger partial charge in [0.05, 0.1) is 5.56 Å². The van der Waals surface area contributed by atoms with Gasteiger partial charge in [-0.25, -0.2) is 4.79 Å². The van der Waals surface area contributed by atoms with Gasteiger partial charge >= 0.3 is 5.97 Å². The number of hydrogen-bond acceptors (Lipinski definition) is 2. The zero-order valence-electron chi connectivity index (χ0n) is 8.15. The van der Waals surface area contributed by atoms with E-state index in [1.165, 1.54) is 12.1 Å². The molecule has 0 saturated heterocycles. The van der Waals surface area contributed by atoms with Crippen molar-refractivity contribution in [1.82, 2.24) is 0 Å². The van der Waals surface area contributed by atoms with Crippen molar-refractivity contribution in [2.24, 2.45) is 0 Å². The molecule has 0 bridgehead atoms. The molecular formula is C11H12O3. The molecule has 0 saturated carbocycles. The maximum atomic E-state index is 10.5. The summed E-state index contributed by atoms with van der Waals surface area (Å²) >= 11 is 0. The second-order valence-corrected chi connectivity index (χ2v) is 3.54. The van der Waals surface area contributed by atoms with Crippen LogP contribution in [0.15, 0.2) is 24.3 Å². The summed E-state index contributed by atoms with van der Waals surface area (Å²) in [6, 6.07) is 6.11. The summed E-state index contributed by atoms with van der Waals surface area (Å²) in [6.45, 7) is 9.07. The van der Waals surface area contributed by atoms with Crippen LogP contribution in [0.5, 0.6) is 5.75 Å². The molecule has 0 heterocycles. The van der Waals surface area contributed by atoms with Gasteiger partial charge in [-0.2, -0.15) is 0 Å². The predicted octanol–water partition coefficient (Wildman–Crippen LogP) is 2.25. The lowest BCUT2D eigenvalue weighted by molar-refractivity contribution is 0.0697. The molecule has 0 spiro atoms. The normalized spacial score (nSPS) is 11.1. The highest BCUT2D eigenvalue weighted by Gasteiger charge is 2.12. The van der Waals surface area contributed by atoms with Crippen molar-refractivity contribution in [2.75, 3.05) is 0 Å². The first-order chi connectivity index (χ1) is 6.38. The van der Waals surface area contributed by atoms with Crippen LogP contribution in [0.3, 0.4) is 0 Å². The molecular weight excluding hydrogens is 180 g/mol. The average Bonchev–Trinajstić information content (AvgIpc) is 2.02. The highest BCUT2D eigenvalue weighted by molar-refractivity contribution is 5.87. The van der Waals surface area contributed by atoms with Crippen molar-refractivity contribution >= 4 is 5.97 Å². The lowest BCUT2D eigenvalue weighted by Gasteiger charge is -2.20. The van der Waals surface area contributed by atoms with Crippen LogP contribution in [0.4, 0.5) is 0 Å². The number of carbonyl (C=O) groups is 1. The number of ether oxygens (including phenoxy) is 1. The van der Waals surface area contributed by atoms with E-state index in [9.17, 15) is 4.79 Å². The van der Waals surface area contributed by atoms with Gasteiger partial charge in [-0.05, 0) is 38.1 Å². The van der Waals surface area contributed by atoms with Crippen LogP contribution in [0.1, 0.15) is 24.2 Å². The second kappa shape index (κ2) is 3.70. The van der Waals surface area contributed by atoms with E-state index in [0.29, 0.717) is 5.75 Å². The van der Waals surface area contributed by atoms with Crippen LogP contribution in [-0.2, 0) is 0 Å². The molecule has 14 heavy (non-hydrogen) atoms. The van der Waals surface area contributed by atoms with Crippen LogP contribution in [0.2, 0.25) is 0 Å². The van der Waals surface area contributed by atoms with Crippen molar-refractivity contribution in [3.8, 4) is 5.75 Å². The van der Waals surface area contributed by atoms with Crippen LogP contribution >= 0.6 is 0 Å². The highest BCUT2D eigenvalue weighted by atomic mass is 16.5. The summed E-state index contributed by atoms with van der Waals surface area (Å²) in [5.74, 6) is -0.397. The Kier molecular flexibility index (Phi) is 2.79. The molecule has 2 radical (unpaired) electrons. The Morgan fingerprint density at radius 3 is 2.21 bits per heavy atom. The minimum absolute atomic E-state index is 0.229. The van der Waals surface area contributed by atoms with Gasteiger partial charge in [0, 0.05) is 6.92 Å². The molecule has 3 heteroatoms. The first-order valence-electron chi connectivity index (χ1n) is 4.20. The average molecular weight is 192 g/mol. The van der Waals surface area contributed by atoms with Gasteiger partial charge in [-0.1, -0.05) is 0 Å². The molecule has 0 amide bonds. The summed E-state index contributed by atoms with van der Waals surface area (Å²) in [6.07, 6.45) is 0. The Balaban J connectivity index is 2.79. The molecule has 0 atom stereocenters. The number of rotatable bonds is 3. The third-order valence-electron chi connectivity index (χ3n) is 1.48. The molecule has 0 aliphatic carbocycles. The summed E-state index contributed by atoms with van der Waals surface area (Å²) in [4.78, 5) is 10.5.